The van der Waals surface area contributed by atoms with Crippen LogP contribution in [0.25, 0.3) is 0 Å². The quantitative estimate of drug-likeness (QED) is 0.0308. The third kappa shape index (κ3) is 49.6. The number of amides is 1. The van der Waals surface area contributed by atoms with E-state index in [1.807, 2.05) is 0 Å². The average molecular weight is 947 g/mol. The number of aliphatic hydroxyl groups is 4. The lowest BCUT2D eigenvalue weighted by Gasteiger charge is -2.27. The molecule has 6 nitrogen and oxygen atoms in total. The first-order valence-corrected chi connectivity index (χ1v) is 30.2. The standard InChI is InChI=1S/C61H119NO5/c1-3-5-7-9-11-13-15-17-19-20-21-22-23-24-25-26-27-28-29-30-31-32-33-34-35-36-37-38-39-41-43-45-47-49-51-53-55-59(65)61(67)62-57(56-63)60(66)58(64)54-52-50-48-46-44-42-40-18-16-14-12-10-8-6-4-2/h18,40,46,48,57-60,63-66H,3-17,19-39,41-45,47,49-56H2,1-2H3,(H,62,67)/b40-18+,48-46+. The summed E-state index contributed by atoms with van der Waals surface area (Å²) in [5, 5.41) is 43.9. The van der Waals surface area contributed by atoms with Crippen molar-refractivity contribution in [1.29, 1.82) is 0 Å². The van der Waals surface area contributed by atoms with Gasteiger partial charge in [-0.1, -0.05) is 301 Å². The van der Waals surface area contributed by atoms with E-state index in [2.05, 4.69) is 43.5 Å². The highest BCUT2D eigenvalue weighted by Crippen LogP contribution is 2.18. The van der Waals surface area contributed by atoms with Gasteiger partial charge < -0.3 is 25.7 Å². The summed E-state index contributed by atoms with van der Waals surface area (Å²) in [4.78, 5) is 12.6. The first-order valence-electron chi connectivity index (χ1n) is 30.2. The van der Waals surface area contributed by atoms with Crippen molar-refractivity contribution in [1.82, 2.24) is 5.32 Å². The SMILES string of the molecule is CCCCCCCC/C=C/CC/C=C/CCCC(O)C(O)C(CO)NC(=O)C(O)CCCCCCCCCCCCCCCCCCCCCCCCCCCCCCCCCCCCCC. The number of nitrogens with one attached hydrogen (secondary N) is 1. The van der Waals surface area contributed by atoms with Crippen LogP contribution in [0.4, 0.5) is 0 Å². The predicted molar refractivity (Wildman–Crippen MR) is 293 cm³/mol. The number of hydrogen-bond acceptors (Lipinski definition) is 5. The maximum atomic E-state index is 12.6. The zero-order valence-electron chi connectivity index (χ0n) is 45.2. The van der Waals surface area contributed by atoms with Gasteiger partial charge in [-0.05, 0) is 51.4 Å². The molecule has 0 fully saturated rings. The summed E-state index contributed by atoms with van der Waals surface area (Å²) < 4.78 is 0. The van der Waals surface area contributed by atoms with Crippen LogP contribution in [0, 0.1) is 0 Å². The van der Waals surface area contributed by atoms with Gasteiger partial charge in [0.1, 0.15) is 12.2 Å². The molecule has 4 unspecified atom stereocenters. The zero-order valence-corrected chi connectivity index (χ0v) is 45.2. The van der Waals surface area contributed by atoms with Crippen molar-refractivity contribution in [3.05, 3.63) is 24.3 Å². The highest BCUT2D eigenvalue weighted by molar-refractivity contribution is 5.80. The van der Waals surface area contributed by atoms with Crippen molar-refractivity contribution in [3.8, 4) is 0 Å². The molecule has 4 atom stereocenters. The highest BCUT2D eigenvalue weighted by Gasteiger charge is 2.28. The molecule has 0 aliphatic heterocycles. The fourth-order valence-electron chi connectivity index (χ4n) is 9.66. The molecule has 0 heterocycles. The van der Waals surface area contributed by atoms with Gasteiger partial charge in [0.25, 0.3) is 0 Å². The van der Waals surface area contributed by atoms with Crippen LogP contribution in [0.5, 0.6) is 0 Å². The molecule has 0 bridgehead atoms. The molecule has 0 spiro atoms. The molecule has 1 amide bonds. The summed E-state index contributed by atoms with van der Waals surface area (Å²) >= 11 is 0. The van der Waals surface area contributed by atoms with E-state index in [-0.39, 0.29) is 0 Å². The van der Waals surface area contributed by atoms with E-state index < -0.39 is 36.9 Å². The monoisotopic (exact) mass is 946 g/mol. The molecular weight excluding hydrogens is 827 g/mol. The zero-order chi connectivity index (χ0) is 48.8. The Morgan fingerprint density at radius 1 is 0.358 bits per heavy atom. The van der Waals surface area contributed by atoms with E-state index in [1.54, 1.807) is 0 Å². The Morgan fingerprint density at radius 3 is 0.940 bits per heavy atom. The lowest BCUT2D eigenvalue weighted by Crippen LogP contribution is -2.53. The average Bonchev–Trinajstić information content (AvgIpc) is 3.33. The van der Waals surface area contributed by atoms with Crippen LogP contribution >= 0.6 is 0 Å². The van der Waals surface area contributed by atoms with Gasteiger partial charge in [0.2, 0.25) is 5.91 Å². The van der Waals surface area contributed by atoms with Crippen LogP contribution in [-0.4, -0.2) is 57.3 Å². The van der Waals surface area contributed by atoms with E-state index in [0.717, 1.165) is 38.5 Å². The van der Waals surface area contributed by atoms with Crippen molar-refractivity contribution in [2.24, 2.45) is 0 Å². The number of allylic oxidation sites excluding steroid dienone is 4. The third-order valence-electron chi connectivity index (χ3n) is 14.4. The van der Waals surface area contributed by atoms with Gasteiger partial charge in [-0.3, -0.25) is 4.79 Å². The third-order valence-corrected chi connectivity index (χ3v) is 14.4. The Labute approximate surface area is 418 Å². The van der Waals surface area contributed by atoms with Crippen molar-refractivity contribution >= 4 is 5.91 Å². The summed E-state index contributed by atoms with van der Waals surface area (Å²) in [6, 6.07) is -1.01. The highest BCUT2D eigenvalue weighted by atomic mass is 16.3. The fourth-order valence-corrected chi connectivity index (χ4v) is 9.66. The molecule has 6 heteroatoms. The summed E-state index contributed by atoms with van der Waals surface area (Å²) in [6.45, 7) is 4.06. The molecular formula is C61H119NO5. The second-order valence-corrected chi connectivity index (χ2v) is 21.0. The molecule has 5 N–H and O–H groups in total. The van der Waals surface area contributed by atoms with E-state index in [1.165, 1.54) is 257 Å². The first kappa shape index (κ1) is 65.8. The molecule has 398 valence electrons. The topological polar surface area (TPSA) is 110 Å². The van der Waals surface area contributed by atoms with Crippen LogP contribution in [0.1, 0.15) is 328 Å². The molecule has 0 aromatic carbocycles. The van der Waals surface area contributed by atoms with Gasteiger partial charge in [-0.15, -0.1) is 0 Å². The van der Waals surface area contributed by atoms with Crippen LogP contribution in [-0.2, 0) is 4.79 Å². The smallest absolute Gasteiger partial charge is 0.249 e. The van der Waals surface area contributed by atoms with E-state index in [4.69, 9.17) is 0 Å². The number of aliphatic hydroxyl groups excluding tert-OH is 4. The largest absolute Gasteiger partial charge is 0.394 e. The van der Waals surface area contributed by atoms with Gasteiger partial charge in [-0.2, -0.15) is 0 Å². The summed E-state index contributed by atoms with van der Waals surface area (Å²) in [7, 11) is 0. The van der Waals surface area contributed by atoms with E-state index in [9.17, 15) is 25.2 Å². The summed E-state index contributed by atoms with van der Waals surface area (Å²) in [6.07, 6.45) is 68.6. The molecule has 0 saturated carbocycles. The number of unbranched alkanes of at least 4 members (excludes halogenated alkanes) is 43. The maximum absolute atomic E-state index is 12.6. The van der Waals surface area contributed by atoms with Crippen molar-refractivity contribution in [2.75, 3.05) is 6.61 Å². The van der Waals surface area contributed by atoms with Crippen molar-refractivity contribution in [3.63, 3.8) is 0 Å². The first-order chi connectivity index (χ1) is 33.0. The molecule has 0 radical (unpaired) electrons. The van der Waals surface area contributed by atoms with Gasteiger partial charge >= 0.3 is 0 Å². The molecule has 0 aliphatic carbocycles. The van der Waals surface area contributed by atoms with Gasteiger partial charge in [0.05, 0.1) is 18.8 Å². The Balaban J connectivity index is 3.51. The van der Waals surface area contributed by atoms with Crippen LogP contribution in [0.3, 0.4) is 0 Å². The number of carbonyl (C=O) groups excluding carboxylic acids is 1. The number of carbonyl (C=O) groups is 1. The van der Waals surface area contributed by atoms with Gasteiger partial charge in [0, 0.05) is 0 Å². The number of hydrogen-bond donors (Lipinski definition) is 5. The fraction of sp³-hybridized carbons (Fsp3) is 0.918. The summed E-state index contributed by atoms with van der Waals surface area (Å²) in [5.74, 6) is -0.592. The lowest BCUT2D eigenvalue weighted by molar-refractivity contribution is -0.132. The Bertz CT molecular complexity index is 1020. The number of rotatable bonds is 56. The summed E-state index contributed by atoms with van der Waals surface area (Å²) in [5.41, 5.74) is 0. The molecule has 0 aromatic heterocycles. The normalized spacial score (nSPS) is 13.8. The molecule has 0 aromatic rings. The second kappa shape index (κ2) is 55.7. The van der Waals surface area contributed by atoms with E-state index in [0.29, 0.717) is 19.3 Å². The van der Waals surface area contributed by atoms with Gasteiger partial charge in [0.15, 0.2) is 0 Å². The van der Waals surface area contributed by atoms with Crippen LogP contribution in [0.2, 0.25) is 0 Å². The minimum absolute atomic E-state index is 0.365. The molecule has 0 rings (SSSR count). The van der Waals surface area contributed by atoms with Gasteiger partial charge in [-0.25, -0.2) is 0 Å². The Hall–Kier alpha value is -1.21. The second-order valence-electron chi connectivity index (χ2n) is 21.0. The van der Waals surface area contributed by atoms with Crippen molar-refractivity contribution < 1.29 is 25.2 Å². The lowest BCUT2D eigenvalue weighted by atomic mass is 10.00. The minimum atomic E-state index is -1.29. The molecule has 0 aliphatic rings. The minimum Gasteiger partial charge on any atom is -0.394 e. The van der Waals surface area contributed by atoms with Crippen LogP contribution < -0.4 is 5.32 Å². The maximum Gasteiger partial charge on any atom is 0.249 e. The molecule has 67 heavy (non-hydrogen) atoms. The van der Waals surface area contributed by atoms with Crippen molar-refractivity contribution in [2.45, 2.75) is 353 Å². The van der Waals surface area contributed by atoms with Crippen LogP contribution in [0.15, 0.2) is 24.3 Å². The molecule has 0 saturated heterocycles. The Kier molecular flexibility index (Phi) is 54.7. The predicted octanol–water partition coefficient (Wildman–Crippen LogP) is 17.8. The van der Waals surface area contributed by atoms with E-state index >= 15 is 0 Å². The Morgan fingerprint density at radius 2 is 0.627 bits per heavy atom.